The molecule has 1 aliphatic heterocycles. The maximum atomic E-state index is 5.81. The van der Waals surface area contributed by atoms with Gasteiger partial charge in [-0.25, -0.2) is 0 Å². The van der Waals surface area contributed by atoms with Gasteiger partial charge in [0.1, 0.15) is 0 Å². The average molecular weight is 196 g/mol. The molecule has 1 aliphatic rings. The van der Waals surface area contributed by atoms with Gasteiger partial charge >= 0.3 is 0 Å². The van der Waals surface area contributed by atoms with Crippen molar-refractivity contribution in [2.45, 2.75) is 25.9 Å². The molecule has 1 aromatic rings. The Hall–Kier alpha value is -0.530. The molecule has 0 saturated carbocycles. The second-order valence-electron chi connectivity index (χ2n) is 3.62. The van der Waals surface area contributed by atoms with Crippen LogP contribution in [0.1, 0.15) is 18.9 Å². The van der Waals surface area contributed by atoms with Gasteiger partial charge in [0, 0.05) is 24.2 Å². The number of rotatable bonds is 3. The van der Waals surface area contributed by atoms with E-state index >= 15 is 0 Å². The molecule has 0 aliphatic carbocycles. The first kappa shape index (κ1) is 9.04. The predicted molar refractivity (Wildman–Crippen MR) is 55.9 cm³/mol. The molecule has 13 heavy (non-hydrogen) atoms. The quantitative estimate of drug-likeness (QED) is 0.671. The van der Waals surface area contributed by atoms with Crippen molar-refractivity contribution in [3.05, 3.63) is 34.9 Å². The molecule has 1 nitrogen and oxygen atoms in total. The molecule has 1 fully saturated rings. The van der Waals surface area contributed by atoms with Crippen LogP contribution in [-0.2, 0) is 6.54 Å². The van der Waals surface area contributed by atoms with E-state index in [0.29, 0.717) is 0 Å². The van der Waals surface area contributed by atoms with E-state index in [2.05, 4.69) is 24.0 Å². The zero-order valence-electron chi connectivity index (χ0n) is 7.83. The highest BCUT2D eigenvalue weighted by molar-refractivity contribution is 6.30. The second-order valence-corrected chi connectivity index (χ2v) is 4.05. The molecule has 1 heterocycles. The minimum absolute atomic E-state index is 0.821. The first-order valence-electron chi connectivity index (χ1n) is 4.78. The van der Waals surface area contributed by atoms with Gasteiger partial charge in [-0.3, -0.25) is 4.90 Å². The van der Waals surface area contributed by atoms with Crippen molar-refractivity contribution in [2.24, 2.45) is 0 Å². The van der Waals surface area contributed by atoms with E-state index < -0.39 is 0 Å². The summed E-state index contributed by atoms with van der Waals surface area (Å²) in [5.74, 6) is 0. The molecule has 2 unspecified atom stereocenters. The SMILES string of the molecule is CCC1CN1Cc1ccc(Cl)cc1. The fourth-order valence-electron chi connectivity index (χ4n) is 1.63. The Morgan fingerprint density at radius 1 is 1.38 bits per heavy atom. The van der Waals surface area contributed by atoms with Crippen LogP contribution in [0.25, 0.3) is 0 Å². The summed E-state index contributed by atoms with van der Waals surface area (Å²) in [5, 5.41) is 0.821. The topological polar surface area (TPSA) is 3.01 Å². The van der Waals surface area contributed by atoms with Gasteiger partial charge in [0.05, 0.1) is 0 Å². The van der Waals surface area contributed by atoms with Crippen LogP contribution in [0.5, 0.6) is 0 Å². The van der Waals surface area contributed by atoms with Crippen molar-refractivity contribution >= 4 is 11.6 Å². The molecule has 0 radical (unpaired) electrons. The third-order valence-corrected chi connectivity index (χ3v) is 2.85. The van der Waals surface area contributed by atoms with Gasteiger partial charge < -0.3 is 0 Å². The van der Waals surface area contributed by atoms with Crippen molar-refractivity contribution in [2.75, 3.05) is 6.54 Å². The van der Waals surface area contributed by atoms with Gasteiger partial charge in [0.25, 0.3) is 0 Å². The van der Waals surface area contributed by atoms with Crippen molar-refractivity contribution in [3.8, 4) is 0 Å². The van der Waals surface area contributed by atoms with Crippen LogP contribution in [0.4, 0.5) is 0 Å². The molecule has 1 aromatic carbocycles. The highest BCUT2D eigenvalue weighted by Gasteiger charge is 2.31. The molecular weight excluding hydrogens is 182 g/mol. The smallest absolute Gasteiger partial charge is 0.0406 e. The standard InChI is InChI=1S/C11H14ClN/c1-2-11-8-13(11)7-9-3-5-10(12)6-4-9/h3-6,11H,2,7-8H2,1H3. The molecule has 0 spiro atoms. The van der Waals surface area contributed by atoms with Crippen LogP contribution in [0, 0.1) is 0 Å². The Morgan fingerprint density at radius 3 is 2.62 bits per heavy atom. The van der Waals surface area contributed by atoms with E-state index in [1.54, 1.807) is 0 Å². The summed E-state index contributed by atoms with van der Waals surface area (Å²) < 4.78 is 0. The Morgan fingerprint density at radius 2 is 2.08 bits per heavy atom. The molecule has 2 heteroatoms. The fraction of sp³-hybridized carbons (Fsp3) is 0.455. The van der Waals surface area contributed by atoms with Crippen LogP contribution < -0.4 is 0 Å². The number of benzene rings is 1. The highest BCUT2D eigenvalue weighted by atomic mass is 35.5. The maximum absolute atomic E-state index is 5.81. The zero-order chi connectivity index (χ0) is 9.26. The molecule has 0 bridgehead atoms. The van der Waals surface area contributed by atoms with Crippen molar-refractivity contribution in [3.63, 3.8) is 0 Å². The number of hydrogen-bond acceptors (Lipinski definition) is 1. The summed E-state index contributed by atoms with van der Waals surface area (Å²) in [6.45, 7) is 4.58. The number of nitrogens with zero attached hydrogens (tertiary/aromatic N) is 1. The summed E-state index contributed by atoms with van der Waals surface area (Å²) in [5.41, 5.74) is 1.36. The fourth-order valence-corrected chi connectivity index (χ4v) is 1.75. The molecule has 2 rings (SSSR count). The summed E-state index contributed by atoms with van der Waals surface area (Å²) in [6.07, 6.45) is 1.27. The van der Waals surface area contributed by atoms with E-state index in [4.69, 9.17) is 11.6 Å². The van der Waals surface area contributed by atoms with Crippen molar-refractivity contribution < 1.29 is 0 Å². The van der Waals surface area contributed by atoms with E-state index in [1.165, 1.54) is 18.5 Å². The van der Waals surface area contributed by atoms with Crippen molar-refractivity contribution in [1.29, 1.82) is 0 Å². The normalized spacial score (nSPS) is 26.0. The van der Waals surface area contributed by atoms with E-state index in [9.17, 15) is 0 Å². The Labute approximate surface area is 84.3 Å². The number of hydrogen-bond donors (Lipinski definition) is 0. The Kier molecular flexibility index (Phi) is 2.56. The number of halogens is 1. The molecule has 70 valence electrons. The molecular formula is C11H14ClN. The minimum Gasteiger partial charge on any atom is -0.293 e. The van der Waals surface area contributed by atoms with Gasteiger partial charge in [-0.05, 0) is 24.1 Å². The Bertz CT molecular complexity index is 281. The first-order chi connectivity index (χ1) is 6.29. The summed E-state index contributed by atoms with van der Waals surface area (Å²) in [7, 11) is 0. The van der Waals surface area contributed by atoms with E-state index in [-0.39, 0.29) is 0 Å². The van der Waals surface area contributed by atoms with Crippen LogP contribution in [0.2, 0.25) is 5.02 Å². The average Bonchev–Trinajstić information content (AvgIpc) is 2.88. The third-order valence-electron chi connectivity index (χ3n) is 2.60. The van der Waals surface area contributed by atoms with Crippen LogP contribution in [-0.4, -0.2) is 17.5 Å². The van der Waals surface area contributed by atoms with Crippen LogP contribution in [0.3, 0.4) is 0 Å². The molecule has 0 aromatic heterocycles. The monoisotopic (exact) mass is 195 g/mol. The van der Waals surface area contributed by atoms with Crippen molar-refractivity contribution in [1.82, 2.24) is 4.90 Å². The van der Waals surface area contributed by atoms with Gasteiger partial charge in [-0.1, -0.05) is 30.7 Å². The molecule has 1 saturated heterocycles. The molecule has 2 atom stereocenters. The second kappa shape index (κ2) is 3.69. The zero-order valence-corrected chi connectivity index (χ0v) is 8.59. The van der Waals surface area contributed by atoms with Crippen LogP contribution >= 0.6 is 11.6 Å². The summed E-state index contributed by atoms with van der Waals surface area (Å²) in [6, 6.07) is 8.96. The van der Waals surface area contributed by atoms with Crippen LogP contribution in [0.15, 0.2) is 24.3 Å². The molecule has 0 amide bonds. The Balaban J connectivity index is 1.92. The third kappa shape index (κ3) is 2.23. The summed E-state index contributed by atoms with van der Waals surface area (Å²) >= 11 is 5.81. The van der Waals surface area contributed by atoms with E-state index in [1.807, 2.05) is 12.1 Å². The molecule has 0 N–H and O–H groups in total. The largest absolute Gasteiger partial charge is 0.293 e. The van der Waals surface area contributed by atoms with Gasteiger partial charge in [0.2, 0.25) is 0 Å². The maximum Gasteiger partial charge on any atom is 0.0406 e. The van der Waals surface area contributed by atoms with Gasteiger partial charge in [0.15, 0.2) is 0 Å². The lowest BCUT2D eigenvalue weighted by Crippen LogP contribution is -2.00. The highest BCUT2D eigenvalue weighted by Crippen LogP contribution is 2.23. The summed E-state index contributed by atoms with van der Waals surface area (Å²) in [4.78, 5) is 2.48. The predicted octanol–water partition coefficient (Wildman–Crippen LogP) is 2.93. The minimum atomic E-state index is 0.821. The van der Waals surface area contributed by atoms with Gasteiger partial charge in [-0.15, -0.1) is 0 Å². The van der Waals surface area contributed by atoms with Gasteiger partial charge in [-0.2, -0.15) is 0 Å². The lowest BCUT2D eigenvalue weighted by atomic mass is 10.2. The lowest BCUT2D eigenvalue weighted by molar-refractivity contribution is 0.495. The van der Waals surface area contributed by atoms with E-state index in [0.717, 1.165) is 17.6 Å². The lowest BCUT2D eigenvalue weighted by Gasteiger charge is -2.02. The first-order valence-corrected chi connectivity index (χ1v) is 5.16.